The smallest absolute Gasteiger partial charge is 0.257 e. The molecule has 0 saturated heterocycles. The van der Waals surface area contributed by atoms with Crippen molar-refractivity contribution in [3.05, 3.63) is 39.7 Å². The Labute approximate surface area is 138 Å². The highest BCUT2D eigenvalue weighted by Crippen LogP contribution is 2.34. The summed E-state index contributed by atoms with van der Waals surface area (Å²) in [6.45, 7) is 3.59. The van der Waals surface area contributed by atoms with Crippen LogP contribution in [0.5, 0.6) is 0 Å². The standard InChI is InChI=1S/C17H17N3O2S/c1-3-4-12-5-6-13(23-12)8-15-14-7-11(19-10(2)21)9-18-16(14)20-17(15)22/h5-9H,3-4H2,1-2H3,(H,19,21)(H,18,20,22). The molecule has 23 heavy (non-hydrogen) atoms. The van der Waals surface area contributed by atoms with Crippen molar-refractivity contribution in [2.24, 2.45) is 0 Å². The summed E-state index contributed by atoms with van der Waals surface area (Å²) in [6.07, 6.45) is 5.56. The summed E-state index contributed by atoms with van der Waals surface area (Å²) in [5.74, 6) is 0.190. The van der Waals surface area contributed by atoms with E-state index < -0.39 is 0 Å². The molecule has 6 heteroatoms. The maximum atomic E-state index is 12.2. The molecular formula is C17H17N3O2S. The summed E-state index contributed by atoms with van der Waals surface area (Å²) in [5.41, 5.74) is 1.87. The number of amides is 2. The summed E-state index contributed by atoms with van der Waals surface area (Å²) in [7, 11) is 0. The lowest BCUT2D eigenvalue weighted by atomic mass is 10.1. The quantitative estimate of drug-likeness (QED) is 0.844. The summed E-state index contributed by atoms with van der Waals surface area (Å²) in [5, 5.41) is 5.44. The number of hydrogen-bond donors (Lipinski definition) is 2. The zero-order chi connectivity index (χ0) is 16.4. The van der Waals surface area contributed by atoms with Crippen molar-refractivity contribution in [3.8, 4) is 0 Å². The van der Waals surface area contributed by atoms with Crippen LogP contribution in [-0.4, -0.2) is 16.8 Å². The van der Waals surface area contributed by atoms with Crippen molar-refractivity contribution in [2.75, 3.05) is 10.6 Å². The molecule has 0 saturated carbocycles. The number of aromatic nitrogens is 1. The number of pyridine rings is 1. The third-order valence-electron chi connectivity index (χ3n) is 3.44. The Balaban J connectivity index is 1.95. The molecule has 118 valence electrons. The van der Waals surface area contributed by atoms with Gasteiger partial charge in [-0.2, -0.15) is 0 Å². The largest absolute Gasteiger partial charge is 0.325 e. The Kier molecular flexibility index (Phi) is 4.25. The minimum atomic E-state index is -0.169. The highest BCUT2D eigenvalue weighted by molar-refractivity contribution is 7.13. The van der Waals surface area contributed by atoms with Gasteiger partial charge in [-0.1, -0.05) is 13.3 Å². The first-order chi connectivity index (χ1) is 11.1. The van der Waals surface area contributed by atoms with Crippen molar-refractivity contribution in [2.45, 2.75) is 26.7 Å². The van der Waals surface area contributed by atoms with Crippen LogP contribution in [0, 0.1) is 0 Å². The summed E-state index contributed by atoms with van der Waals surface area (Å²) in [6, 6.07) is 5.90. The van der Waals surface area contributed by atoms with E-state index in [4.69, 9.17) is 0 Å². The average molecular weight is 327 g/mol. The molecule has 2 aromatic rings. The predicted molar refractivity (Wildman–Crippen MR) is 93.4 cm³/mol. The normalized spacial score (nSPS) is 14.7. The second kappa shape index (κ2) is 6.34. The maximum Gasteiger partial charge on any atom is 0.257 e. The number of carbonyl (C=O) groups excluding carboxylic acids is 2. The second-order valence-electron chi connectivity index (χ2n) is 5.37. The van der Waals surface area contributed by atoms with E-state index in [2.05, 4.69) is 28.6 Å². The molecule has 2 N–H and O–H groups in total. The lowest BCUT2D eigenvalue weighted by Gasteiger charge is -2.03. The van der Waals surface area contributed by atoms with Crippen LogP contribution >= 0.6 is 11.3 Å². The molecule has 0 atom stereocenters. The van der Waals surface area contributed by atoms with Gasteiger partial charge in [0, 0.05) is 22.2 Å². The summed E-state index contributed by atoms with van der Waals surface area (Å²) >= 11 is 1.69. The van der Waals surface area contributed by atoms with Gasteiger partial charge in [0.25, 0.3) is 5.91 Å². The fraction of sp³-hybridized carbons (Fsp3) is 0.235. The molecule has 0 aromatic carbocycles. The molecular weight excluding hydrogens is 310 g/mol. The van der Waals surface area contributed by atoms with E-state index in [-0.39, 0.29) is 11.8 Å². The monoisotopic (exact) mass is 327 g/mol. The van der Waals surface area contributed by atoms with E-state index in [1.54, 1.807) is 17.4 Å². The van der Waals surface area contributed by atoms with E-state index in [0.29, 0.717) is 22.6 Å². The summed E-state index contributed by atoms with van der Waals surface area (Å²) < 4.78 is 0. The molecule has 3 heterocycles. The average Bonchev–Trinajstić information content (AvgIpc) is 3.05. The first kappa shape index (κ1) is 15.4. The van der Waals surface area contributed by atoms with Crippen molar-refractivity contribution < 1.29 is 9.59 Å². The number of carbonyl (C=O) groups is 2. The molecule has 1 aliphatic rings. The van der Waals surface area contributed by atoms with Gasteiger partial charge in [-0.3, -0.25) is 9.59 Å². The molecule has 0 aliphatic carbocycles. The summed E-state index contributed by atoms with van der Waals surface area (Å²) in [4.78, 5) is 29.9. The number of aryl methyl sites for hydroxylation is 1. The van der Waals surface area contributed by atoms with Gasteiger partial charge >= 0.3 is 0 Å². The number of rotatable bonds is 4. The topological polar surface area (TPSA) is 71.1 Å². The molecule has 2 amide bonds. The van der Waals surface area contributed by atoms with Crippen LogP contribution in [0.15, 0.2) is 24.4 Å². The Morgan fingerprint density at radius 1 is 1.43 bits per heavy atom. The SMILES string of the molecule is CCCc1ccc(C=C2C(=O)Nc3ncc(NC(C)=O)cc32)s1. The highest BCUT2D eigenvalue weighted by atomic mass is 32.1. The first-order valence-corrected chi connectivity index (χ1v) is 8.28. The van der Waals surface area contributed by atoms with E-state index in [1.807, 2.05) is 12.1 Å². The first-order valence-electron chi connectivity index (χ1n) is 7.46. The van der Waals surface area contributed by atoms with Crippen LogP contribution in [0.25, 0.3) is 11.6 Å². The Hall–Kier alpha value is -2.47. The number of fused-ring (bicyclic) bond motifs is 1. The van der Waals surface area contributed by atoms with Gasteiger partial charge in [0.1, 0.15) is 5.82 Å². The highest BCUT2D eigenvalue weighted by Gasteiger charge is 2.26. The molecule has 5 nitrogen and oxygen atoms in total. The van der Waals surface area contributed by atoms with Gasteiger partial charge in [0.2, 0.25) is 5.91 Å². The molecule has 0 unspecified atom stereocenters. The van der Waals surface area contributed by atoms with E-state index in [9.17, 15) is 9.59 Å². The third kappa shape index (κ3) is 3.32. The molecule has 2 aromatic heterocycles. The number of nitrogens with zero attached hydrogens (tertiary/aromatic N) is 1. The molecule has 1 aliphatic heterocycles. The van der Waals surface area contributed by atoms with E-state index >= 15 is 0 Å². The maximum absolute atomic E-state index is 12.2. The Morgan fingerprint density at radius 2 is 2.26 bits per heavy atom. The Bertz CT molecular complexity index is 808. The third-order valence-corrected chi connectivity index (χ3v) is 4.53. The minimum Gasteiger partial charge on any atom is -0.325 e. The van der Waals surface area contributed by atoms with Gasteiger partial charge in [0.05, 0.1) is 17.5 Å². The predicted octanol–water partition coefficient (Wildman–Crippen LogP) is 3.55. The fourth-order valence-corrected chi connectivity index (χ4v) is 3.53. The van der Waals surface area contributed by atoms with Crippen molar-refractivity contribution >= 4 is 46.3 Å². The zero-order valence-electron chi connectivity index (χ0n) is 13.0. The van der Waals surface area contributed by atoms with Gasteiger partial charge < -0.3 is 10.6 Å². The number of nitrogens with one attached hydrogen (secondary N) is 2. The van der Waals surface area contributed by atoms with Gasteiger partial charge in [0.15, 0.2) is 0 Å². The van der Waals surface area contributed by atoms with Gasteiger partial charge in [-0.15, -0.1) is 11.3 Å². The van der Waals surface area contributed by atoms with Crippen LogP contribution in [0.4, 0.5) is 11.5 Å². The molecule has 0 bridgehead atoms. The Morgan fingerprint density at radius 3 is 3.00 bits per heavy atom. The lowest BCUT2D eigenvalue weighted by molar-refractivity contribution is -0.114. The molecule has 0 spiro atoms. The van der Waals surface area contributed by atoms with Crippen LogP contribution in [0.2, 0.25) is 0 Å². The van der Waals surface area contributed by atoms with Crippen LogP contribution in [0.3, 0.4) is 0 Å². The number of anilines is 2. The van der Waals surface area contributed by atoms with Crippen LogP contribution in [-0.2, 0) is 16.0 Å². The van der Waals surface area contributed by atoms with Gasteiger partial charge in [-0.05, 0) is 30.7 Å². The lowest BCUT2D eigenvalue weighted by Crippen LogP contribution is -2.06. The number of hydrogen-bond acceptors (Lipinski definition) is 4. The molecule has 3 rings (SSSR count). The molecule has 0 radical (unpaired) electrons. The van der Waals surface area contributed by atoms with E-state index in [0.717, 1.165) is 17.7 Å². The van der Waals surface area contributed by atoms with Crippen LogP contribution in [0.1, 0.15) is 35.6 Å². The van der Waals surface area contributed by atoms with Crippen molar-refractivity contribution in [1.29, 1.82) is 0 Å². The van der Waals surface area contributed by atoms with Crippen LogP contribution < -0.4 is 10.6 Å². The van der Waals surface area contributed by atoms with E-state index in [1.165, 1.54) is 18.0 Å². The molecule has 0 fully saturated rings. The van der Waals surface area contributed by atoms with Gasteiger partial charge in [-0.25, -0.2) is 4.98 Å². The minimum absolute atomic E-state index is 0.169. The van der Waals surface area contributed by atoms with Crippen molar-refractivity contribution in [1.82, 2.24) is 4.98 Å². The zero-order valence-corrected chi connectivity index (χ0v) is 13.8. The van der Waals surface area contributed by atoms with Crippen molar-refractivity contribution in [3.63, 3.8) is 0 Å². The fourth-order valence-electron chi connectivity index (χ4n) is 2.48. The second-order valence-corrected chi connectivity index (χ2v) is 6.57. The number of thiophene rings is 1.